The van der Waals surface area contributed by atoms with Gasteiger partial charge in [0, 0.05) is 32.0 Å². The normalized spacial score (nSPS) is 21.9. The van der Waals surface area contributed by atoms with Gasteiger partial charge in [0.2, 0.25) is 0 Å². The average molecular weight is 220 g/mol. The predicted octanol–water partition coefficient (Wildman–Crippen LogP) is 0.218. The first-order chi connectivity index (χ1) is 7.75. The Labute approximate surface area is 94.7 Å². The highest BCUT2D eigenvalue weighted by atomic mass is 16.5. The maximum Gasteiger partial charge on any atom is 0.127 e. The van der Waals surface area contributed by atoms with Crippen LogP contribution >= 0.6 is 0 Å². The van der Waals surface area contributed by atoms with Gasteiger partial charge in [0.15, 0.2) is 0 Å². The molecule has 5 heteroatoms. The lowest BCUT2D eigenvalue weighted by Gasteiger charge is -2.32. The Morgan fingerprint density at radius 2 is 2.56 bits per heavy atom. The van der Waals surface area contributed by atoms with Gasteiger partial charge in [-0.25, -0.2) is 0 Å². The minimum absolute atomic E-state index is 0.107. The van der Waals surface area contributed by atoms with E-state index in [1.807, 2.05) is 18.3 Å². The molecule has 3 N–H and O–H groups in total. The van der Waals surface area contributed by atoms with Gasteiger partial charge in [0.05, 0.1) is 6.61 Å². The van der Waals surface area contributed by atoms with Gasteiger partial charge in [0.25, 0.3) is 0 Å². The molecule has 1 saturated heterocycles. The lowest BCUT2D eigenvalue weighted by Crippen LogP contribution is -2.47. The molecular formula is C11H16N4O. The number of nitrogens with one attached hydrogen (secondary N) is 1. The fourth-order valence-electron chi connectivity index (χ4n) is 1.78. The topological polar surface area (TPSA) is 75.2 Å². The smallest absolute Gasteiger partial charge is 0.127 e. The van der Waals surface area contributed by atoms with Crippen molar-refractivity contribution in [2.24, 2.45) is 5.73 Å². The summed E-state index contributed by atoms with van der Waals surface area (Å²) in [5.41, 5.74) is 6.61. The first-order valence-electron chi connectivity index (χ1n) is 5.32. The van der Waals surface area contributed by atoms with Crippen molar-refractivity contribution in [2.45, 2.75) is 12.6 Å². The number of nitrogens with zero attached hydrogens (tertiary/aromatic N) is 2. The zero-order valence-corrected chi connectivity index (χ0v) is 9.10. The Bertz CT molecular complexity index is 354. The molecule has 86 valence electrons. The Morgan fingerprint density at radius 1 is 1.69 bits per heavy atom. The van der Waals surface area contributed by atoms with Gasteiger partial charge in [-0.05, 0) is 11.6 Å². The van der Waals surface area contributed by atoms with E-state index >= 15 is 0 Å². The third-order valence-electron chi connectivity index (χ3n) is 2.63. The van der Waals surface area contributed by atoms with Crippen LogP contribution in [0.5, 0.6) is 0 Å². The third-order valence-corrected chi connectivity index (χ3v) is 2.63. The van der Waals surface area contributed by atoms with Crippen molar-refractivity contribution < 1.29 is 4.74 Å². The van der Waals surface area contributed by atoms with Crippen molar-refractivity contribution >= 4 is 5.84 Å². The number of hydrogen-bond donors (Lipinski definition) is 2. The Kier molecular flexibility index (Phi) is 3.48. The molecule has 1 atom stereocenters. The number of ether oxygens (including phenoxy) is 1. The summed E-state index contributed by atoms with van der Waals surface area (Å²) in [5, 5.41) is 7.37. The molecule has 0 aromatic carbocycles. The molecule has 0 saturated carbocycles. The second-order valence-corrected chi connectivity index (χ2v) is 3.91. The SMILES string of the molecule is N=C(N)C1CN(Cc2cccnc2)CCO1. The number of nitrogens with two attached hydrogens (primary N) is 1. The van der Waals surface area contributed by atoms with Crippen LogP contribution in [0.15, 0.2) is 24.5 Å². The van der Waals surface area contributed by atoms with Crippen LogP contribution in [0, 0.1) is 5.41 Å². The summed E-state index contributed by atoms with van der Waals surface area (Å²) in [5.74, 6) is 0.107. The van der Waals surface area contributed by atoms with Crippen LogP contribution in [0.1, 0.15) is 5.56 Å². The van der Waals surface area contributed by atoms with E-state index in [1.54, 1.807) is 6.20 Å². The molecular weight excluding hydrogens is 204 g/mol. The zero-order chi connectivity index (χ0) is 11.4. The molecule has 16 heavy (non-hydrogen) atoms. The van der Waals surface area contributed by atoms with Crippen molar-refractivity contribution in [2.75, 3.05) is 19.7 Å². The first kappa shape index (κ1) is 11.0. The Balaban J connectivity index is 1.93. The van der Waals surface area contributed by atoms with E-state index in [-0.39, 0.29) is 11.9 Å². The van der Waals surface area contributed by atoms with E-state index in [1.165, 1.54) is 5.56 Å². The summed E-state index contributed by atoms with van der Waals surface area (Å²) in [6.45, 7) is 3.02. The highest BCUT2D eigenvalue weighted by Gasteiger charge is 2.22. The van der Waals surface area contributed by atoms with E-state index in [2.05, 4.69) is 9.88 Å². The van der Waals surface area contributed by atoms with E-state index < -0.39 is 0 Å². The van der Waals surface area contributed by atoms with E-state index in [0.29, 0.717) is 13.2 Å². The van der Waals surface area contributed by atoms with Crippen molar-refractivity contribution in [1.82, 2.24) is 9.88 Å². The molecule has 0 amide bonds. The van der Waals surface area contributed by atoms with E-state index in [0.717, 1.165) is 13.1 Å². The van der Waals surface area contributed by atoms with Gasteiger partial charge in [-0.15, -0.1) is 0 Å². The van der Waals surface area contributed by atoms with Crippen LogP contribution in [0.4, 0.5) is 0 Å². The lowest BCUT2D eigenvalue weighted by molar-refractivity contribution is 0.00233. The number of morpholine rings is 1. The van der Waals surface area contributed by atoms with Crippen LogP contribution in [0.25, 0.3) is 0 Å². The molecule has 1 aliphatic heterocycles. The monoisotopic (exact) mass is 220 g/mol. The first-order valence-corrected chi connectivity index (χ1v) is 5.32. The van der Waals surface area contributed by atoms with Crippen LogP contribution in [-0.2, 0) is 11.3 Å². The number of hydrogen-bond acceptors (Lipinski definition) is 4. The van der Waals surface area contributed by atoms with Crippen LogP contribution in [0.2, 0.25) is 0 Å². The molecule has 1 aromatic heterocycles. The number of rotatable bonds is 3. The summed E-state index contributed by atoms with van der Waals surface area (Å²) in [7, 11) is 0. The summed E-state index contributed by atoms with van der Waals surface area (Å²) in [4.78, 5) is 6.31. The molecule has 1 aliphatic rings. The Hall–Kier alpha value is -1.46. The van der Waals surface area contributed by atoms with E-state index in [9.17, 15) is 0 Å². The van der Waals surface area contributed by atoms with Gasteiger partial charge in [-0.1, -0.05) is 6.07 Å². The van der Waals surface area contributed by atoms with E-state index in [4.69, 9.17) is 15.9 Å². The molecule has 0 bridgehead atoms. The van der Waals surface area contributed by atoms with Crippen molar-refractivity contribution in [3.63, 3.8) is 0 Å². The maximum atomic E-state index is 7.37. The summed E-state index contributed by atoms with van der Waals surface area (Å²) in [6, 6.07) is 3.98. The number of amidine groups is 1. The molecule has 2 rings (SSSR count). The zero-order valence-electron chi connectivity index (χ0n) is 9.10. The molecule has 0 radical (unpaired) electrons. The highest BCUT2D eigenvalue weighted by molar-refractivity contribution is 5.82. The fourth-order valence-corrected chi connectivity index (χ4v) is 1.78. The predicted molar refractivity (Wildman–Crippen MR) is 61.2 cm³/mol. The molecule has 1 aromatic rings. The van der Waals surface area contributed by atoms with Gasteiger partial charge < -0.3 is 10.5 Å². The number of pyridine rings is 1. The van der Waals surface area contributed by atoms with Crippen LogP contribution < -0.4 is 5.73 Å². The molecule has 0 spiro atoms. The van der Waals surface area contributed by atoms with Crippen LogP contribution in [-0.4, -0.2) is 41.5 Å². The van der Waals surface area contributed by atoms with Crippen molar-refractivity contribution in [1.29, 1.82) is 5.41 Å². The van der Waals surface area contributed by atoms with Crippen molar-refractivity contribution in [3.05, 3.63) is 30.1 Å². The van der Waals surface area contributed by atoms with Gasteiger partial charge >= 0.3 is 0 Å². The lowest BCUT2D eigenvalue weighted by atomic mass is 10.2. The van der Waals surface area contributed by atoms with Crippen molar-refractivity contribution in [3.8, 4) is 0 Å². The molecule has 1 fully saturated rings. The Morgan fingerprint density at radius 3 is 3.25 bits per heavy atom. The van der Waals surface area contributed by atoms with Gasteiger partial charge in [-0.3, -0.25) is 15.3 Å². The van der Waals surface area contributed by atoms with Crippen LogP contribution in [0.3, 0.4) is 0 Å². The summed E-state index contributed by atoms with van der Waals surface area (Å²) < 4.78 is 5.40. The third kappa shape index (κ3) is 2.77. The molecule has 2 heterocycles. The summed E-state index contributed by atoms with van der Waals surface area (Å²) in [6.07, 6.45) is 3.37. The fraction of sp³-hybridized carbons (Fsp3) is 0.455. The highest BCUT2D eigenvalue weighted by Crippen LogP contribution is 2.09. The standard InChI is InChI=1S/C11H16N4O/c12-11(13)10-8-15(4-5-16-10)7-9-2-1-3-14-6-9/h1-3,6,10H,4-5,7-8H2,(H3,12,13). The molecule has 5 nitrogen and oxygen atoms in total. The second kappa shape index (κ2) is 5.05. The average Bonchev–Trinajstić information content (AvgIpc) is 2.30. The second-order valence-electron chi connectivity index (χ2n) is 3.91. The molecule has 1 unspecified atom stereocenters. The number of aromatic nitrogens is 1. The van der Waals surface area contributed by atoms with Gasteiger partial charge in [0.1, 0.15) is 11.9 Å². The summed E-state index contributed by atoms with van der Waals surface area (Å²) >= 11 is 0. The minimum Gasteiger partial charge on any atom is -0.385 e. The minimum atomic E-state index is -0.259. The maximum absolute atomic E-state index is 7.37. The largest absolute Gasteiger partial charge is 0.385 e. The molecule has 0 aliphatic carbocycles. The van der Waals surface area contributed by atoms with Gasteiger partial charge in [-0.2, -0.15) is 0 Å². The quantitative estimate of drug-likeness (QED) is 0.564.